The van der Waals surface area contributed by atoms with Crippen LogP contribution < -0.4 is 9.47 Å². The first-order valence-corrected chi connectivity index (χ1v) is 10.1. The van der Waals surface area contributed by atoms with Crippen molar-refractivity contribution in [2.75, 3.05) is 13.7 Å². The van der Waals surface area contributed by atoms with Crippen LogP contribution in [0.2, 0.25) is 0 Å². The first-order chi connectivity index (χ1) is 14.4. The van der Waals surface area contributed by atoms with Crippen molar-refractivity contribution in [2.24, 2.45) is 0 Å². The lowest BCUT2D eigenvalue weighted by atomic mass is 10.1. The molecule has 30 heavy (non-hydrogen) atoms. The summed E-state index contributed by atoms with van der Waals surface area (Å²) in [5.74, 6) is -0.0567. The second-order valence-corrected chi connectivity index (χ2v) is 7.96. The van der Waals surface area contributed by atoms with E-state index in [1.807, 2.05) is 6.07 Å². The van der Waals surface area contributed by atoms with E-state index < -0.39 is 5.97 Å². The Kier molecular flexibility index (Phi) is 6.91. The predicted octanol–water partition coefficient (Wildman–Crippen LogP) is 4.36. The number of thioether (sulfide) groups is 1. The summed E-state index contributed by atoms with van der Waals surface area (Å²) in [4.78, 5) is 25.4. The summed E-state index contributed by atoms with van der Waals surface area (Å²) in [5.41, 5.74) is 1.83. The Labute approximate surface area is 183 Å². The number of hydrogen-bond donors (Lipinski definition) is 1. The van der Waals surface area contributed by atoms with Crippen LogP contribution in [0.5, 0.6) is 11.5 Å². The second-order valence-electron chi connectivity index (χ2n) is 6.28. The summed E-state index contributed by atoms with van der Waals surface area (Å²) in [6.07, 6.45) is 3.40. The number of methoxy groups -OCH3 is 1. The van der Waals surface area contributed by atoms with Gasteiger partial charge in [-0.2, -0.15) is 0 Å². The maximum Gasteiger partial charge on any atom is 0.335 e. The summed E-state index contributed by atoms with van der Waals surface area (Å²) in [6, 6.07) is 11.8. The Bertz CT molecular complexity index is 1030. The summed E-state index contributed by atoms with van der Waals surface area (Å²) in [6.45, 7) is 4.29. The van der Waals surface area contributed by atoms with E-state index in [4.69, 9.17) is 26.8 Å². The fraction of sp³-hybridized carbons (Fsp3) is 0.136. The molecule has 0 spiro atoms. The Balaban J connectivity index is 1.73. The van der Waals surface area contributed by atoms with E-state index in [9.17, 15) is 9.59 Å². The van der Waals surface area contributed by atoms with Gasteiger partial charge in [0.1, 0.15) is 10.9 Å². The lowest BCUT2D eigenvalue weighted by molar-refractivity contribution is -0.121. The Morgan fingerprint density at radius 1 is 1.23 bits per heavy atom. The van der Waals surface area contributed by atoms with E-state index in [-0.39, 0.29) is 18.1 Å². The van der Waals surface area contributed by atoms with Crippen LogP contribution in [0.3, 0.4) is 0 Å². The minimum atomic E-state index is -0.971. The van der Waals surface area contributed by atoms with E-state index in [1.165, 1.54) is 35.9 Å². The average molecular weight is 442 g/mol. The number of carboxylic acid groups (broad SMARTS) is 1. The topological polar surface area (TPSA) is 76.1 Å². The van der Waals surface area contributed by atoms with Gasteiger partial charge in [-0.1, -0.05) is 48.3 Å². The number of thiocarbonyl (C=S) groups is 1. The number of carboxylic acids is 1. The normalized spacial score (nSPS) is 14.8. The molecule has 1 N–H and O–H groups in total. The highest BCUT2D eigenvalue weighted by Crippen LogP contribution is 2.34. The molecule has 0 atom stereocenters. The number of carbonyl (C=O) groups is 2. The van der Waals surface area contributed by atoms with Gasteiger partial charge in [-0.05, 0) is 41.5 Å². The molecule has 2 aromatic carbocycles. The van der Waals surface area contributed by atoms with Crippen molar-refractivity contribution in [1.82, 2.24) is 4.90 Å². The molecule has 6 nitrogen and oxygen atoms in total. The van der Waals surface area contributed by atoms with E-state index in [0.29, 0.717) is 27.3 Å². The summed E-state index contributed by atoms with van der Waals surface area (Å²) < 4.78 is 11.8. The molecule has 2 aromatic rings. The highest BCUT2D eigenvalue weighted by molar-refractivity contribution is 8.26. The van der Waals surface area contributed by atoms with Gasteiger partial charge in [0.15, 0.2) is 11.5 Å². The third kappa shape index (κ3) is 4.90. The smallest absolute Gasteiger partial charge is 0.335 e. The zero-order valence-electron chi connectivity index (χ0n) is 16.2. The molecule has 0 unspecified atom stereocenters. The van der Waals surface area contributed by atoms with Crippen molar-refractivity contribution in [3.05, 3.63) is 76.7 Å². The van der Waals surface area contributed by atoms with Crippen molar-refractivity contribution in [3.8, 4) is 11.5 Å². The number of carbonyl (C=O) groups excluding carboxylic acids is 1. The maximum absolute atomic E-state index is 12.5. The number of rotatable bonds is 8. The number of amides is 1. The molecule has 154 valence electrons. The molecule has 1 heterocycles. The zero-order chi connectivity index (χ0) is 21.7. The van der Waals surface area contributed by atoms with Crippen LogP contribution in [0, 0.1) is 0 Å². The maximum atomic E-state index is 12.5. The number of nitrogens with zero attached hydrogens (tertiary/aromatic N) is 1. The highest BCUT2D eigenvalue weighted by atomic mass is 32.2. The monoisotopic (exact) mass is 441 g/mol. The zero-order valence-corrected chi connectivity index (χ0v) is 17.8. The van der Waals surface area contributed by atoms with Crippen molar-refractivity contribution >= 4 is 46.3 Å². The fourth-order valence-corrected chi connectivity index (χ4v) is 4.01. The average Bonchev–Trinajstić information content (AvgIpc) is 3.00. The summed E-state index contributed by atoms with van der Waals surface area (Å²) in [5, 5.41) is 8.96. The fourth-order valence-electron chi connectivity index (χ4n) is 2.74. The van der Waals surface area contributed by atoms with Gasteiger partial charge in [0.2, 0.25) is 0 Å². The van der Waals surface area contributed by atoms with Gasteiger partial charge in [-0.25, -0.2) is 4.79 Å². The molecule has 0 bridgehead atoms. The first kappa shape index (κ1) is 21.6. The van der Waals surface area contributed by atoms with Gasteiger partial charge in [0, 0.05) is 6.54 Å². The number of benzene rings is 2. The van der Waals surface area contributed by atoms with Crippen molar-refractivity contribution in [2.45, 2.75) is 6.61 Å². The molecular weight excluding hydrogens is 422 g/mol. The standard InChI is InChI=1S/C22H19NO5S2/c1-3-10-23-20(24)19(30-22(23)29)12-15-6-9-17(18(11-15)27-2)28-13-14-4-7-16(8-5-14)21(25)26/h3-9,11-12H,1,10,13H2,2H3,(H,25,26)/b19-12-. The minimum Gasteiger partial charge on any atom is -0.493 e. The lowest BCUT2D eigenvalue weighted by Gasteiger charge is -2.12. The highest BCUT2D eigenvalue weighted by Gasteiger charge is 2.31. The molecular formula is C22H19NO5S2. The summed E-state index contributed by atoms with van der Waals surface area (Å²) in [7, 11) is 1.54. The Morgan fingerprint density at radius 2 is 1.97 bits per heavy atom. The molecule has 1 amide bonds. The van der Waals surface area contributed by atoms with Crippen molar-refractivity contribution < 1.29 is 24.2 Å². The van der Waals surface area contributed by atoms with Crippen LogP contribution in [0.25, 0.3) is 6.08 Å². The summed E-state index contributed by atoms with van der Waals surface area (Å²) >= 11 is 6.50. The van der Waals surface area contributed by atoms with Gasteiger partial charge in [0.05, 0.1) is 17.6 Å². The molecule has 1 aliphatic heterocycles. The van der Waals surface area contributed by atoms with Crippen LogP contribution in [-0.4, -0.2) is 39.9 Å². The molecule has 0 radical (unpaired) electrons. The first-order valence-electron chi connectivity index (χ1n) is 8.92. The number of aromatic carboxylic acids is 1. The van der Waals surface area contributed by atoms with E-state index in [1.54, 1.807) is 36.4 Å². The molecule has 0 aliphatic carbocycles. The van der Waals surface area contributed by atoms with Crippen LogP contribution in [-0.2, 0) is 11.4 Å². The minimum absolute atomic E-state index is 0.144. The van der Waals surface area contributed by atoms with Crippen molar-refractivity contribution in [3.63, 3.8) is 0 Å². The molecule has 0 saturated carbocycles. The van der Waals surface area contributed by atoms with Crippen LogP contribution in [0.15, 0.2) is 60.0 Å². The predicted molar refractivity (Wildman–Crippen MR) is 121 cm³/mol. The molecule has 8 heteroatoms. The number of hydrogen-bond acceptors (Lipinski definition) is 6. The van der Waals surface area contributed by atoms with Gasteiger partial charge in [0.25, 0.3) is 5.91 Å². The SMILES string of the molecule is C=CCN1C(=O)/C(=C/c2ccc(OCc3ccc(C(=O)O)cc3)c(OC)c2)SC1=S. The third-order valence-electron chi connectivity index (χ3n) is 4.27. The molecule has 1 saturated heterocycles. The van der Waals surface area contributed by atoms with Gasteiger partial charge in [-0.15, -0.1) is 6.58 Å². The lowest BCUT2D eigenvalue weighted by Crippen LogP contribution is -2.27. The quantitative estimate of drug-likeness (QED) is 0.371. The van der Waals surface area contributed by atoms with Crippen molar-refractivity contribution in [1.29, 1.82) is 0 Å². The Morgan fingerprint density at radius 3 is 2.60 bits per heavy atom. The largest absolute Gasteiger partial charge is 0.493 e. The van der Waals surface area contributed by atoms with E-state index in [0.717, 1.165) is 11.1 Å². The van der Waals surface area contributed by atoms with Crippen LogP contribution in [0.1, 0.15) is 21.5 Å². The Hall–Kier alpha value is -3.10. The second kappa shape index (κ2) is 9.60. The van der Waals surface area contributed by atoms with Crippen LogP contribution in [0.4, 0.5) is 0 Å². The third-order valence-corrected chi connectivity index (χ3v) is 5.64. The number of ether oxygens (including phenoxy) is 2. The van der Waals surface area contributed by atoms with Gasteiger partial charge >= 0.3 is 5.97 Å². The van der Waals surface area contributed by atoms with E-state index >= 15 is 0 Å². The molecule has 1 aliphatic rings. The molecule has 1 fully saturated rings. The van der Waals surface area contributed by atoms with Gasteiger partial charge in [-0.3, -0.25) is 9.69 Å². The van der Waals surface area contributed by atoms with Gasteiger partial charge < -0.3 is 14.6 Å². The van der Waals surface area contributed by atoms with E-state index in [2.05, 4.69) is 6.58 Å². The van der Waals surface area contributed by atoms with Crippen LogP contribution >= 0.6 is 24.0 Å². The molecule has 3 rings (SSSR count). The molecule has 0 aromatic heterocycles.